The van der Waals surface area contributed by atoms with E-state index >= 15 is 0 Å². The van der Waals surface area contributed by atoms with Crippen LogP contribution in [0.2, 0.25) is 0 Å². The molecule has 32 heavy (non-hydrogen) atoms. The quantitative estimate of drug-likeness (QED) is 0.284. The first-order valence-corrected chi connectivity index (χ1v) is 11.0. The summed E-state index contributed by atoms with van der Waals surface area (Å²) in [5.74, 6) is -1.48. The van der Waals surface area contributed by atoms with Crippen LogP contribution in [0.4, 0.5) is 10.5 Å². The minimum atomic E-state index is -1.11. The molecule has 164 valence electrons. The number of aliphatic carboxylic acids is 1. The van der Waals surface area contributed by atoms with Gasteiger partial charge in [-0.25, -0.2) is 14.5 Å². The highest BCUT2D eigenvalue weighted by atomic mass is 127. The van der Waals surface area contributed by atoms with E-state index in [0.717, 1.165) is 4.90 Å². The van der Waals surface area contributed by atoms with E-state index in [1.807, 2.05) is 45.2 Å². The second-order valence-corrected chi connectivity index (χ2v) is 8.82. The minimum absolute atomic E-state index is 0.0337. The molecular weight excluding hydrogens is 650 g/mol. The zero-order valence-electron chi connectivity index (χ0n) is 15.9. The SMILES string of the molecule is O=C(O)COc1c(I)cc(/C=C2\C(=O)NC(=O)N(c3ccc4c(c3)OCO4)C2=O)cc1I. The number of anilines is 1. The van der Waals surface area contributed by atoms with Crippen molar-refractivity contribution in [2.75, 3.05) is 18.3 Å². The van der Waals surface area contributed by atoms with E-state index in [0.29, 0.717) is 30.0 Å². The van der Waals surface area contributed by atoms with Gasteiger partial charge in [-0.2, -0.15) is 0 Å². The number of urea groups is 1. The van der Waals surface area contributed by atoms with Crippen LogP contribution in [-0.2, 0) is 14.4 Å². The third kappa shape index (κ3) is 4.36. The maximum Gasteiger partial charge on any atom is 0.341 e. The number of halogens is 2. The molecule has 0 spiro atoms. The van der Waals surface area contributed by atoms with Gasteiger partial charge < -0.3 is 19.3 Å². The summed E-state index contributed by atoms with van der Waals surface area (Å²) in [6.07, 6.45) is 1.36. The van der Waals surface area contributed by atoms with Crippen LogP contribution in [0.25, 0.3) is 6.08 Å². The fraction of sp³-hybridized carbons (Fsp3) is 0.100. The fourth-order valence-electron chi connectivity index (χ4n) is 3.02. The predicted octanol–water partition coefficient (Wildman–Crippen LogP) is 2.75. The summed E-state index contributed by atoms with van der Waals surface area (Å²) in [5.41, 5.74) is 0.477. The Kier molecular flexibility index (Phi) is 6.23. The van der Waals surface area contributed by atoms with E-state index < -0.39 is 30.4 Å². The van der Waals surface area contributed by atoms with Crippen molar-refractivity contribution >= 4 is 80.8 Å². The van der Waals surface area contributed by atoms with Gasteiger partial charge in [-0.1, -0.05) is 0 Å². The average Bonchev–Trinajstić information content (AvgIpc) is 3.18. The lowest BCUT2D eigenvalue weighted by Gasteiger charge is -2.26. The number of carbonyl (C=O) groups is 4. The van der Waals surface area contributed by atoms with Crippen molar-refractivity contribution in [2.24, 2.45) is 0 Å². The van der Waals surface area contributed by atoms with E-state index in [2.05, 4.69) is 5.32 Å². The number of rotatable bonds is 5. The summed E-state index contributed by atoms with van der Waals surface area (Å²) in [7, 11) is 0. The van der Waals surface area contributed by atoms with Crippen molar-refractivity contribution < 1.29 is 38.5 Å². The van der Waals surface area contributed by atoms with Crippen LogP contribution in [0, 0.1) is 7.14 Å². The molecule has 2 aliphatic heterocycles. The first-order valence-electron chi connectivity index (χ1n) is 8.89. The Morgan fingerprint density at radius 3 is 2.50 bits per heavy atom. The van der Waals surface area contributed by atoms with Crippen LogP contribution >= 0.6 is 45.2 Å². The molecule has 0 saturated carbocycles. The number of nitrogens with one attached hydrogen (secondary N) is 1. The van der Waals surface area contributed by atoms with Crippen molar-refractivity contribution in [1.82, 2.24) is 5.32 Å². The van der Waals surface area contributed by atoms with E-state index in [-0.39, 0.29) is 18.1 Å². The van der Waals surface area contributed by atoms with Crippen molar-refractivity contribution in [2.45, 2.75) is 0 Å². The molecule has 4 rings (SSSR count). The number of ether oxygens (including phenoxy) is 3. The summed E-state index contributed by atoms with van der Waals surface area (Å²) in [4.78, 5) is 49.5. The zero-order chi connectivity index (χ0) is 23.0. The number of hydrogen-bond acceptors (Lipinski definition) is 7. The molecule has 12 heteroatoms. The van der Waals surface area contributed by atoms with Gasteiger partial charge in [0.05, 0.1) is 12.8 Å². The van der Waals surface area contributed by atoms with E-state index in [4.69, 9.17) is 19.3 Å². The molecule has 0 aromatic heterocycles. The molecule has 0 bridgehead atoms. The first-order chi connectivity index (χ1) is 15.2. The lowest BCUT2D eigenvalue weighted by atomic mass is 10.1. The van der Waals surface area contributed by atoms with Crippen LogP contribution in [0.1, 0.15) is 5.56 Å². The van der Waals surface area contributed by atoms with Crippen molar-refractivity contribution in [1.29, 1.82) is 0 Å². The third-order valence-electron chi connectivity index (χ3n) is 4.39. The molecule has 1 saturated heterocycles. The van der Waals surface area contributed by atoms with Gasteiger partial charge in [0, 0.05) is 6.07 Å². The number of carboxylic acids is 1. The Morgan fingerprint density at radius 1 is 1.12 bits per heavy atom. The second kappa shape index (κ2) is 8.93. The zero-order valence-corrected chi connectivity index (χ0v) is 20.2. The summed E-state index contributed by atoms with van der Waals surface area (Å²) in [6.45, 7) is -0.466. The number of barbiturate groups is 1. The summed E-state index contributed by atoms with van der Waals surface area (Å²) >= 11 is 3.94. The molecule has 2 heterocycles. The molecule has 2 aromatic carbocycles. The average molecular weight is 662 g/mol. The Balaban J connectivity index is 1.67. The molecule has 0 radical (unpaired) electrons. The fourth-order valence-corrected chi connectivity index (χ4v) is 5.15. The van der Waals surface area contributed by atoms with Gasteiger partial charge >= 0.3 is 12.0 Å². The van der Waals surface area contributed by atoms with Gasteiger partial charge in [0.1, 0.15) is 11.3 Å². The lowest BCUT2D eigenvalue weighted by Crippen LogP contribution is -2.54. The molecular formula is C20H12I2N2O8. The number of amides is 4. The van der Waals surface area contributed by atoms with E-state index in [1.165, 1.54) is 18.2 Å². The molecule has 2 aliphatic rings. The Hall–Kier alpha value is -2.88. The Morgan fingerprint density at radius 2 is 1.81 bits per heavy atom. The number of carboxylic acid groups (broad SMARTS) is 1. The third-order valence-corrected chi connectivity index (χ3v) is 5.99. The van der Waals surface area contributed by atoms with Crippen LogP contribution in [0.15, 0.2) is 35.9 Å². The molecule has 0 aliphatic carbocycles. The molecule has 2 N–H and O–H groups in total. The van der Waals surface area contributed by atoms with Gasteiger partial charge in [0.15, 0.2) is 18.1 Å². The van der Waals surface area contributed by atoms with E-state index in [1.54, 1.807) is 18.2 Å². The van der Waals surface area contributed by atoms with Gasteiger partial charge in [-0.3, -0.25) is 14.9 Å². The van der Waals surface area contributed by atoms with Crippen LogP contribution in [0.3, 0.4) is 0 Å². The van der Waals surface area contributed by atoms with Gasteiger partial charge in [-0.05, 0) is 81.1 Å². The highest BCUT2D eigenvalue weighted by Gasteiger charge is 2.37. The lowest BCUT2D eigenvalue weighted by molar-refractivity contribution is -0.139. The van der Waals surface area contributed by atoms with Crippen molar-refractivity contribution in [3.63, 3.8) is 0 Å². The maximum atomic E-state index is 13.1. The highest BCUT2D eigenvalue weighted by Crippen LogP contribution is 2.36. The van der Waals surface area contributed by atoms with Gasteiger partial charge in [0.25, 0.3) is 11.8 Å². The van der Waals surface area contributed by atoms with Crippen LogP contribution in [-0.4, -0.2) is 42.3 Å². The second-order valence-electron chi connectivity index (χ2n) is 6.49. The Bertz CT molecular complexity index is 1190. The number of imide groups is 2. The topological polar surface area (TPSA) is 131 Å². The molecule has 10 nitrogen and oxygen atoms in total. The van der Waals surface area contributed by atoms with Crippen molar-refractivity contribution in [3.05, 3.63) is 48.6 Å². The first kappa shape index (κ1) is 22.3. The largest absolute Gasteiger partial charge is 0.480 e. The number of fused-ring (bicyclic) bond motifs is 1. The molecule has 1 fully saturated rings. The predicted molar refractivity (Wildman–Crippen MR) is 127 cm³/mol. The standard InChI is InChI=1S/C20H12I2N2O8/c21-12-4-9(5-13(22)17(12)30-7-16(25)26)3-11-18(27)23-20(29)24(19(11)28)10-1-2-14-15(6-10)32-8-31-14/h1-6H,7-8H2,(H,25,26)(H,23,27,29)/b11-3+. The van der Waals surface area contributed by atoms with Gasteiger partial charge in [-0.15, -0.1) is 0 Å². The monoisotopic (exact) mass is 662 g/mol. The van der Waals surface area contributed by atoms with E-state index in [9.17, 15) is 19.2 Å². The number of nitrogens with zero attached hydrogens (tertiary/aromatic N) is 1. The highest BCUT2D eigenvalue weighted by molar-refractivity contribution is 14.1. The number of hydrogen-bond donors (Lipinski definition) is 2. The minimum Gasteiger partial charge on any atom is -0.480 e. The summed E-state index contributed by atoms with van der Waals surface area (Å²) in [6, 6.07) is 6.95. The molecule has 4 amide bonds. The number of benzene rings is 2. The van der Waals surface area contributed by atoms with Gasteiger partial charge in [0.2, 0.25) is 6.79 Å². The smallest absolute Gasteiger partial charge is 0.341 e. The van der Waals surface area contributed by atoms with Crippen LogP contribution in [0.5, 0.6) is 17.2 Å². The maximum absolute atomic E-state index is 13.1. The van der Waals surface area contributed by atoms with Crippen LogP contribution < -0.4 is 24.4 Å². The molecule has 0 unspecified atom stereocenters. The normalized spacial score (nSPS) is 16.4. The van der Waals surface area contributed by atoms with Crippen molar-refractivity contribution in [3.8, 4) is 17.2 Å². The molecule has 2 aromatic rings. The number of carbonyl (C=O) groups excluding carboxylic acids is 3. The summed E-state index contributed by atoms with van der Waals surface area (Å²) in [5, 5.41) is 11.0. The molecule has 0 atom stereocenters. The summed E-state index contributed by atoms with van der Waals surface area (Å²) < 4.78 is 17.0. The Labute approximate surface area is 207 Å².